The van der Waals surface area contributed by atoms with Gasteiger partial charge in [0, 0.05) is 11.9 Å². The van der Waals surface area contributed by atoms with Crippen LogP contribution < -0.4 is 20.1 Å². The van der Waals surface area contributed by atoms with Crippen molar-refractivity contribution in [2.24, 2.45) is 0 Å². The van der Waals surface area contributed by atoms with Crippen LogP contribution in [0.5, 0.6) is 17.2 Å². The molecule has 2 N–H and O–H groups in total. The van der Waals surface area contributed by atoms with E-state index in [0.29, 0.717) is 24.1 Å². The molecule has 6 nitrogen and oxygen atoms in total. The molecule has 0 saturated carbocycles. The Morgan fingerprint density at radius 2 is 1.53 bits per heavy atom. The molecular formula is C24H22N4O2. The highest BCUT2D eigenvalue weighted by Gasteiger charge is 2.07. The van der Waals surface area contributed by atoms with Crippen LogP contribution in [0.4, 0.5) is 23.1 Å². The van der Waals surface area contributed by atoms with Crippen molar-refractivity contribution in [3.05, 3.63) is 91.1 Å². The number of anilines is 4. The average Bonchev–Trinajstić information content (AvgIpc) is 2.78. The number of para-hydroxylation sites is 3. The van der Waals surface area contributed by atoms with Gasteiger partial charge in [0.05, 0.1) is 12.3 Å². The number of benzene rings is 3. The fourth-order valence-corrected chi connectivity index (χ4v) is 2.83. The molecule has 0 bridgehead atoms. The van der Waals surface area contributed by atoms with Crippen LogP contribution in [0, 0.1) is 0 Å². The van der Waals surface area contributed by atoms with Gasteiger partial charge in [0.1, 0.15) is 17.3 Å². The number of rotatable bonds is 8. The summed E-state index contributed by atoms with van der Waals surface area (Å²) < 4.78 is 11.5. The van der Waals surface area contributed by atoms with E-state index in [2.05, 4.69) is 20.6 Å². The van der Waals surface area contributed by atoms with Gasteiger partial charge in [-0.3, -0.25) is 0 Å². The molecule has 0 atom stereocenters. The van der Waals surface area contributed by atoms with E-state index >= 15 is 0 Å². The lowest BCUT2D eigenvalue weighted by molar-refractivity contribution is 0.340. The van der Waals surface area contributed by atoms with Gasteiger partial charge in [-0.1, -0.05) is 30.3 Å². The molecule has 0 amide bonds. The Bertz CT molecular complexity index is 1090. The fourth-order valence-electron chi connectivity index (χ4n) is 2.83. The maximum absolute atomic E-state index is 6.01. The number of ether oxygens (including phenoxy) is 2. The van der Waals surface area contributed by atoms with Crippen LogP contribution in [0.3, 0.4) is 0 Å². The average molecular weight is 398 g/mol. The van der Waals surface area contributed by atoms with Crippen molar-refractivity contribution in [1.29, 1.82) is 0 Å². The van der Waals surface area contributed by atoms with Gasteiger partial charge >= 0.3 is 0 Å². The lowest BCUT2D eigenvalue weighted by Crippen LogP contribution is -2.01. The molecule has 0 radical (unpaired) electrons. The first-order valence-corrected chi connectivity index (χ1v) is 9.72. The van der Waals surface area contributed by atoms with Crippen LogP contribution in [-0.2, 0) is 0 Å². The molecule has 1 aromatic heterocycles. The second-order valence-corrected chi connectivity index (χ2v) is 6.38. The van der Waals surface area contributed by atoms with Gasteiger partial charge in [0.2, 0.25) is 5.95 Å². The first-order valence-electron chi connectivity index (χ1n) is 9.72. The summed E-state index contributed by atoms with van der Waals surface area (Å²) in [6.07, 6.45) is 1.70. The van der Waals surface area contributed by atoms with E-state index < -0.39 is 0 Å². The first-order chi connectivity index (χ1) is 14.8. The normalized spacial score (nSPS) is 10.3. The summed E-state index contributed by atoms with van der Waals surface area (Å²) in [5.41, 5.74) is 1.69. The summed E-state index contributed by atoms with van der Waals surface area (Å²) in [7, 11) is 0. The molecule has 30 heavy (non-hydrogen) atoms. The predicted octanol–water partition coefficient (Wildman–Crippen LogP) is 6.15. The summed E-state index contributed by atoms with van der Waals surface area (Å²) >= 11 is 0. The minimum Gasteiger partial charge on any atom is -0.494 e. The van der Waals surface area contributed by atoms with Gasteiger partial charge < -0.3 is 20.1 Å². The Morgan fingerprint density at radius 1 is 0.767 bits per heavy atom. The highest BCUT2D eigenvalue weighted by atomic mass is 16.5. The third kappa shape index (κ3) is 5.05. The standard InChI is InChI=1S/C24H22N4O2/c1-2-29-19-14-12-18(13-15-19)26-24-25-17-16-23(28-24)27-21-10-6-7-11-22(21)30-20-8-4-3-5-9-20/h3-17H,2H2,1H3,(H2,25,26,27,28). The number of hydrogen-bond donors (Lipinski definition) is 2. The lowest BCUT2D eigenvalue weighted by Gasteiger charge is -2.13. The second kappa shape index (κ2) is 9.43. The molecule has 0 aliphatic carbocycles. The molecule has 150 valence electrons. The van der Waals surface area contributed by atoms with Crippen molar-refractivity contribution in [3.63, 3.8) is 0 Å². The molecule has 1 heterocycles. The number of nitrogens with zero attached hydrogens (tertiary/aromatic N) is 2. The van der Waals surface area contributed by atoms with Crippen molar-refractivity contribution >= 4 is 23.1 Å². The number of aromatic nitrogens is 2. The quantitative estimate of drug-likeness (QED) is 0.371. The molecule has 0 aliphatic heterocycles. The van der Waals surface area contributed by atoms with E-state index in [1.807, 2.05) is 91.9 Å². The van der Waals surface area contributed by atoms with E-state index in [9.17, 15) is 0 Å². The summed E-state index contributed by atoms with van der Waals surface area (Å²) in [5, 5.41) is 6.51. The summed E-state index contributed by atoms with van der Waals surface area (Å²) in [6, 6.07) is 26.9. The molecular weight excluding hydrogens is 376 g/mol. The van der Waals surface area contributed by atoms with Gasteiger partial charge in [-0.05, 0) is 61.5 Å². The smallest absolute Gasteiger partial charge is 0.229 e. The van der Waals surface area contributed by atoms with Crippen molar-refractivity contribution in [3.8, 4) is 17.2 Å². The van der Waals surface area contributed by atoms with E-state index in [4.69, 9.17) is 9.47 Å². The van der Waals surface area contributed by atoms with E-state index in [0.717, 1.165) is 22.9 Å². The fraction of sp³-hybridized carbons (Fsp3) is 0.0833. The molecule has 4 aromatic rings. The van der Waals surface area contributed by atoms with Crippen LogP contribution in [0.25, 0.3) is 0 Å². The summed E-state index contributed by atoms with van der Waals surface area (Å²) in [6.45, 7) is 2.60. The van der Waals surface area contributed by atoms with Crippen molar-refractivity contribution in [2.75, 3.05) is 17.2 Å². The third-order valence-corrected chi connectivity index (χ3v) is 4.20. The Balaban J connectivity index is 1.48. The van der Waals surface area contributed by atoms with E-state index in [-0.39, 0.29) is 0 Å². The molecule has 0 fully saturated rings. The Kier molecular flexibility index (Phi) is 6.05. The zero-order chi connectivity index (χ0) is 20.6. The van der Waals surface area contributed by atoms with E-state index in [1.54, 1.807) is 6.20 Å². The Labute approximate surface area is 175 Å². The van der Waals surface area contributed by atoms with Gasteiger partial charge in [-0.25, -0.2) is 4.98 Å². The van der Waals surface area contributed by atoms with Gasteiger partial charge in [-0.2, -0.15) is 4.98 Å². The highest BCUT2D eigenvalue weighted by Crippen LogP contribution is 2.31. The van der Waals surface area contributed by atoms with Crippen LogP contribution in [0.2, 0.25) is 0 Å². The van der Waals surface area contributed by atoms with Crippen LogP contribution in [0.15, 0.2) is 91.1 Å². The largest absolute Gasteiger partial charge is 0.494 e. The summed E-state index contributed by atoms with van der Waals surface area (Å²) in [5.74, 6) is 3.46. The highest BCUT2D eigenvalue weighted by molar-refractivity contribution is 5.65. The Morgan fingerprint density at radius 3 is 2.33 bits per heavy atom. The minimum atomic E-state index is 0.491. The van der Waals surface area contributed by atoms with Crippen molar-refractivity contribution < 1.29 is 9.47 Å². The Hall–Kier alpha value is -4.06. The van der Waals surface area contributed by atoms with Gasteiger partial charge in [0.25, 0.3) is 0 Å². The molecule has 0 aliphatic rings. The minimum absolute atomic E-state index is 0.491. The van der Waals surface area contributed by atoms with Crippen LogP contribution in [-0.4, -0.2) is 16.6 Å². The first kappa shape index (κ1) is 19.3. The topological polar surface area (TPSA) is 68.3 Å². The summed E-state index contributed by atoms with van der Waals surface area (Å²) in [4.78, 5) is 8.85. The lowest BCUT2D eigenvalue weighted by atomic mass is 10.3. The monoisotopic (exact) mass is 398 g/mol. The van der Waals surface area contributed by atoms with Gasteiger partial charge in [-0.15, -0.1) is 0 Å². The molecule has 4 rings (SSSR count). The molecule has 0 spiro atoms. The molecule has 0 saturated heterocycles. The van der Waals surface area contributed by atoms with E-state index in [1.165, 1.54) is 0 Å². The maximum Gasteiger partial charge on any atom is 0.229 e. The zero-order valence-electron chi connectivity index (χ0n) is 16.6. The van der Waals surface area contributed by atoms with Crippen LogP contribution >= 0.6 is 0 Å². The predicted molar refractivity (Wildman–Crippen MR) is 119 cm³/mol. The third-order valence-electron chi connectivity index (χ3n) is 4.20. The molecule has 3 aromatic carbocycles. The number of hydrogen-bond acceptors (Lipinski definition) is 6. The zero-order valence-corrected chi connectivity index (χ0v) is 16.6. The second-order valence-electron chi connectivity index (χ2n) is 6.38. The van der Waals surface area contributed by atoms with Crippen LogP contribution in [0.1, 0.15) is 6.92 Å². The van der Waals surface area contributed by atoms with Gasteiger partial charge in [0.15, 0.2) is 5.75 Å². The SMILES string of the molecule is CCOc1ccc(Nc2nccc(Nc3ccccc3Oc3ccccc3)n2)cc1. The molecule has 0 unspecified atom stereocenters. The molecule has 6 heteroatoms. The van der Waals surface area contributed by atoms with Crippen molar-refractivity contribution in [1.82, 2.24) is 9.97 Å². The number of nitrogens with one attached hydrogen (secondary N) is 2. The maximum atomic E-state index is 6.01. The van der Waals surface area contributed by atoms with Crippen molar-refractivity contribution in [2.45, 2.75) is 6.92 Å².